The molecule has 1 aliphatic rings. The van der Waals surface area contributed by atoms with Crippen molar-refractivity contribution in [3.8, 4) is 0 Å². The Bertz CT molecular complexity index is 1380. The van der Waals surface area contributed by atoms with Gasteiger partial charge < -0.3 is 34.3 Å². The minimum atomic E-state index is -5.08. The van der Waals surface area contributed by atoms with E-state index in [0.29, 0.717) is 13.0 Å². The summed E-state index contributed by atoms with van der Waals surface area (Å²) in [5, 5.41) is 30.6. The molecule has 0 aliphatic carbocycles. The number of unbranched alkanes of at least 4 members (excludes halogenated alkanes) is 6. The monoisotopic (exact) mass is 836 g/mol. The Balaban J connectivity index is 2.55. The normalized spacial score (nSPS) is 21.5. The lowest BCUT2D eigenvalue weighted by Crippen LogP contribution is -2.60. The van der Waals surface area contributed by atoms with Crippen molar-refractivity contribution in [2.24, 2.45) is 0 Å². The highest BCUT2D eigenvalue weighted by Gasteiger charge is 2.48. The maximum absolute atomic E-state index is 12.8. The van der Waals surface area contributed by atoms with Gasteiger partial charge in [0.15, 0.2) is 6.29 Å². The first-order valence-corrected chi connectivity index (χ1v) is 22.4. The first kappa shape index (κ1) is 53.0. The highest BCUT2D eigenvalue weighted by Crippen LogP contribution is 2.26. The average Bonchev–Trinajstić information content (AvgIpc) is 3.19. The molecule has 0 spiro atoms. The minimum absolute atomic E-state index is 0.000587. The van der Waals surface area contributed by atoms with Gasteiger partial charge in [0, 0.05) is 6.61 Å². The van der Waals surface area contributed by atoms with E-state index in [0.717, 1.165) is 89.9 Å². The maximum atomic E-state index is 12.8. The van der Waals surface area contributed by atoms with E-state index >= 15 is 0 Å². The van der Waals surface area contributed by atoms with Crippen LogP contribution in [0.15, 0.2) is 97.2 Å². The molecule has 1 heterocycles. The molecule has 1 fully saturated rings. The van der Waals surface area contributed by atoms with Crippen LogP contribution in [0.5, 0.6) is 0 Å². The number of allylic oxidation sites excluding steroid dienone is 15. The van der Waals surface area contributed by atoms with Crippen LogP contribution in [-0.4, -0.2) is 97.5 Å². The number of aliphatic hydroxyl groups is 3. The van der Waals surface area contributed by atoms with Crippen molar-refractivity contribution < 1.29 is 56.2 Å². The van der Waals surface area contributed by atoms with Gasteiger partial charge in [-0.15, -0.1) is 0 Å². The van der Waals surface area contributed by atoms with Gasteiger partial charge in [-0.05, 0) is 70.6 Å². The highest BCUT2D eigenvalue weighted by atomic mass is 32.3. The van der Waals surface area contributed by atoms with Gasteiger partial charge in [-0.1, -0.05) is 137 Å². The average molecular weight is 837 g/mol. The van der Waals surface area contributed by atoms with E-state index in [1.807, 2.05) is 12.2 Å². The van der Waals surface area contributed by atoms with E-state index in [9.17, 15) is 28.5 Å². The summed E-state index contributed by atoms with van der Waals surface area (Å²) in [7, 11) is -5.08. The third-order valence-corrected chi connectivity index (χ3v) is 9.20. The molecule has 58 heavy (non-hydrogen) atoms. The molecule has 1 aliphatic heterocycles. The molecular formula is C45H72O12S. The van der Waals surface area contributed by atoms with Crippen LogP contribution in [0.3, 0.4) is 0 Å². The summed E-state index contributed by atoms with van der Waals surface area (Å²) in [6.45, 7) is 3.57. The first-order chi connectivity index (χ1) is 28.1. The lowest BCUT2D eigenvalue weighted by atomic mass is 9.99. The van der Waals surface area contributed by atoms with Crippen LogP contribution >= 0.6 is 0 Å². The number of esters is 1. The number of hydrogen-bond donors (Lipinski definition) is 4. The third kappa shape index (κ3) is 29.3. The van der Waals surface area contributed by atoms with Crippen molar-refractivity contribution in [1.29, 1.82) is 0 Å². The SMILES string of the molecule is CC/C=C\C/C=C\C/C=C\C/C=C\C/C=C\CC(=O)OC(COCCCCCCCC/C=C\C/C=C\C/C=C\CC)COC1OC(CO)C(O)C(OS(=O)(=O)O)C1O. The molecule has 0 aromatic rings. The summed E-state index contributed by atoms with van der Waals surface area (Å²) >= 11 is 0. The van der Waals surface area contributed by atoms with Crippen LogP contribution in [-0.2, 0) is 38.3 Å². The Labute approximate surface area is 348 Å². The van der Waals surface area contributed by atoms with Crippen molar-refractivity contribution in [2.45, 2.75) is 153 Å². The van der Waals surface area contributed by atoms with Gasteiger partial charge in [0.1, 0.15) is 30.5 Å². The minimum Gasteiger partial charge on any atom is -0.457 e. The third-order valence-electron chi connectivity index (χ3n) is 8.73. The molecule has 1 rings (SSSR count). The maximum Gasteiger partial charge on any atom is 0.397 e. The first-order valence-electron chi connectivity index (χ1n) is 21.0. The van der Waals surface area contributed by atoms with Gasteiger partial charge in [0.25, 0.3) is 0 Å². The molecule has 0 saturated carbocycles. The van der Waals surface area contributed by atoms with Crippen molar-refractivity contribution in [3.63, 3.8) is 0 Å². The van der Waals surface area contributed by atoms with Crippen LogP contribution in [0.25, 0.3) is 0 Å². The molecule has 330 valence electrons. The molecule has 0 aromatic carbocycles. The van der Waals surface area contributed by atoms with E-state index in [2.05, 4.69) is 97.0 Å². The van der Waals surface area contributed by atoms with Crippen LogP contribution in [0.1, 0.15) is 117 Å². The zero-order chi connectivity index (χ0) is 42.5. The fourth-order valence-corrected chi connectivity index (χ4v) is 6.15. The standard InChI is InChI=1S/C45H72O12S/c1-3-5-7-9-11-13-15-17-19-21-23-25-27-29-31-33-35-53-37-39(38-54-45-43(49)44(57-58(50,51)52)42(48)40(36-46)56-45)55-41(47)34-32-30-28-26-24-22-20-18-16-14-12-10-8-6-4-2/h5-8,11-14,17-20,24,26,30,32,39-40,42-46,48-49H,3-4,9-10,15-16,21-23,25,27-29,31,33-38H2,1-2H3,(H,50,51,52)/b7-5-,8-6-,13-11-,14-12-,19-17-,20-18-,26-24-,32-30-. The van der Waals surface area contributed by atoms with Crippen LogP contribution in [0, 0.1) is 0 Å². The topological polar surface area (TPSA) is 178 Å². The highest BCUT2D eigenvalue weighted by molar-refractivity contribution is 7.80. The summed E-state index contributed by atoms with van der Waals surface area (Å²) in [5.74, 6) is -0.536. The van der Waals surface area contributed by atoms with E-state index in [4.69, 9.17) is 23.5 Å². The summed E-state index contributed by atoms with van der Waals surface area (Å²) in [6.07, 6.45) is 39.0. The lowest BCUT2D eigenvalue weighted by Gasteiger charge is -2.41. The molecule has 0 bridgehead atoms. The van der Waals surface area contributed by atoms with E-state index < -0.39 is 59.8 Å². The van der Waals surface area contributed by atoms with Crippen LogP contribution < -0.4 is 0 Å². The Morgan fingerprint density at radius 1 is 0.655 bits per heavy atom. The van der Waals surface area contributed by atoms with Crippen LogP contribution in [0.2, 0.25) is 0 Å². The van der Waals surface area contributed by atoms with Crippen molar-refractivity contribution in [3.05, 3.63) is 97.2 Å². The number of carbonyl (C=O) groups is 1. The smallest absolute Gasteiger partial charge is 0.397 e. The largest absolute Gasteiger partial charge is 0.457 e. The number of rotatable bonds is 34. The molecule has 13 heteroatoms. The van der Waals surface area contributed by atoms with Gasteiger partial charge >= 0.3 is 16.4 Å². The second-order valence-corrected chi connectivity index (χ2v) is 14.9. The molecule has 0 amide bonds. The van der Waals surface area contributed by atoms with Gasteiger partial charge in [0.05, 0.1) is 26.2 Å². The molecule has 6 atom stereocenters. The fraction of sp³-hybridized carbons (Fsp3) is 0.622. The number of ether oxygens (including phenoxy) is 4. The lowest BCUT2D eigenvalue weighted by molar-refractivity contribution is -0.301. The van der Waals surface area contributed by atoms with Crippen molar-refractivity contribution in [2.75, 3.05) is 26.4 Å². The molecule has 0 aromatic heterocycles. The molecular weight excluding hydrogens is 765 g/mol. The summed E-state index contributed by atoms with van der Waals surface area (Å²) in [5.41, 5.74) is 0. The summed E-state index contributed by atoms with van der Waals surface area (Å²) < 4.78 is 58.8. The van der Waals surface area contributed by atoms with Crippen molar-refractivity contribution in [1.82, 2.24) is 0 Å². The Hall–Kier alpha value is -2.98. The van der Waals surface area contributed by atoms with Crippen LogP contribution in [0.4, 0.5) is 0 Å². The summed E-state index contributed by atoms with van der Waals surface area (Å²) in [4.78, 5) is 12.8. The fourth-order valence-electron chi connectivity index (χ4n) is 5.64. The number of carbonyl (C=O) groups excluding carboxylic acids is 1. The van der Waals surface area contributed by atoms with Gasteiger partial charge in [-0.2, -0.15) is 8.42 Å². The quantitative estimate of drug-likeness (QED) is 0.0211. The molecule has 1 saturated heterocycles. The molecule has 4 N–H and O–H groups in total. The Morgan fingerprint density at radius 2 is 1.14 bits per heavy atom. The molecule has 12 nitrogen and oxygen atoms in total. The zero-order valence-electron chi connectivity index (χ0n) is 34.8. The van der Waals surface area contributed by atoms with Gasteiger partial charge in [0.2, 0.25) is 0 Å². The van der Waals surface area contributed by atoms with Crippen molar-refractivity contribution >= 4 is 16.4 Å². The second kappa shape index (κ2) is 35.9. The zero-order valence-corrected chi connectivity index (χ0v) is 35.6. The predicted octanol–water partition coefficient (Wildman–Crippen LogP) is 8.29. The van der Waals surface area contributed by atoms with E-state index in [-0.39, 0.29) is 19.6 Å². The van der Waals surface area contributed by atoms with Gasteiger partial charge in [-0.3, -0.25) is 9.35 Å². The number of hydrogen-bond acceptors (Lipinski definition) is 11. The Kier molecular flexibility index (Phi) is 32.8. The second-order valence-electron chi connectivity index (χ2n) is 13.8. The Morgan fingerprint density at radius 3 is 1.66 bits per heavy atom. The van der Waals surface area contributed by atoms with Gasteiger partial charge in [-0.25, -0.2) is 4.18 Å². The molecule has 6 unspecified atom stereocenters. The summed E-state index contributed by atoms with van der Waals surface area (Å²) in [6, 6.07) is 0. The molecule has 0 radical (unpaired) electrons. The predicted molar refractivity (Wildman–Crippen MR) is 229 cm³/mol. The van der Waals surface area contributed by atoms with E-state index in [1.165, 1.54) is 0 Å². The number of aliphatic hydroxyl groups excluding tert-OH is 3. The van der Waals surface area contributed by atoms with E-state index in [1.54, 1.807) is 6.08 Å².